The van der Waals surface area contributed by atoms with E-state index in [0.29, 0.717) is 32.8 Å². The molecule has 2 heterocycles. The van der Waals surface area contributed by atoms with Crippen LogP contribution in [0.1, 0.15) is 39.0 Å². The van der Waals surface area contributed by atoms with E-state index in [4.69, 9.17) is 14.2 Å². The van der Waals surface area contributed by atoms with Crippen molar-refractivity contribution in [2.75, 3.05) is 33.0 Å². The van der Waals surface area contributed by atoms with E-state index in [1.54, 1.807) is 0 Å². The fourth-order valence-electron chi connectivity index (χ4n) is 2.54. The fourth-order valence-corrected chi connectivity index (χ4v) is 2.54. The lowest BCUT2D eigenvalue weighted by Gasteiger charge is -2.24. The third kappa shape index (κ3) is 4.58. The molecule has 20 heavy (non-hydrogen) atoms. The van der Waals surface area contributed by atoms with Gasteiger partial charge in [-0.15, -0.1) is 0 Å². The second kappa shape index (κ2) is 8.39. The summed E-state index contributed by atoms with van der Waals surface area (Å²) in [5, 5.41) is 0. The Kier molecular flexibility index (Phi) is 6.50. The van der Waals surface area contributed by atoms with Gasteiger partial charge >= 0.3 is 0 Å². The Hall–Kier alpha value is -0.910. The van der Waals surface area contributed by atoms with Gasteiger partial charge in [0, 0.05) is 31.9 Å². The monoisotopic (exact) mass is 283 g/mol. The van der Waals surface area contributed by atoms with Gasteiger partial charge in [-0.25, -0.2) is 0 Å². The number of amides is 1. The van der Waals surface area contributed by atoms with Crippen molar-refractivity contribution in [1.29, 1.82) is 0 Å². The van der Waals surface area contributed by atoms with Crippen LogP contribution < -0.4 is 0 Å². The lowest BCUT2D eigenvalue weighted by Crippen LogP contribution is -2.30. The number of ether oxygens (including phenoxy) is 3. The minimum Gasteiger partial charge on any atom is -0.378 e. The van der Waals surface area contributed by atoms with Crippen LogP contribution in [0.5, 0.6) is 0 Å². The van der Waals surface area contributed by atoms with Gasteiger partial charge in [-0.1, -0.05) is 0 Å². The van der Waals surface area contributed by atoms with E-state index in [9.17, 15) is 4.79 Å². The molecule has 0 aromatic carbocycles. The van der Waals surface area contributed by atoms with Crippen molar-refractivity contribution in [3.63, 3.8) is 0 Å². The first-order chi connectivity index (χ1) is 9.81. The van der Waals surface area contributed by atoms with Gasteiger partial charge in [0.2, 0.25) is 5.91 Å². The second-order valence-corrected chi connectivity index (χ2v) is 5.07. The highest BCUT2D eigenvalue weighted by Gasteiger charge is 2.25. The molecule has 0 saturated carbocycles. The molecule has 0 N–H and O–H groups in total. The van der Waals surface area contributed by atoms with E-state index in [-0.39, 0.29) is 12.2 Å². The molecule has 2 rings (SSSR count). The van der Waals surface area contributed by atoms with E-state index in [0.717, 1.165) is 38.0 Å². The highest BCUT2D eigenvalue weighted by atomic mass is 16.7. The van der Waals surface area contributed by atoms with Crippen LogP contribution in [0.15, 0.2) is 11.8 Å². The van der Waals surface area contributed by atoms with Gasteiger partial charge in [0.1, 0.15) is 0 Å². The third-order valence-corrected chi connectivity index (χ3v) is 3.64. The highest BCUT2D eigenvalue weighted by molar-refractivity contribution is 5.81. The zero-order chi connectivity index (χ0) is 14.2. The predicted octanol–water partition coefficient (Wildman–Crippen LogP) is 2.07. The van der Waals surface area contributed by atoms with E-state index in [1.165, 1.54) is 0 Å². The Bertz CT molecular complexity index is 337. The number of hydrogen-bond donors (Lipinski definition) is 0. The molecule has 114 valence electrons. The molecular formula is C15H25NO4. The van der Waals surface area contributed by atoms with E-state index in [2.05, 4.69) is 0 Å². The minimum absolute atomic E-state index is 0.0858. The fraction of sp³-hybridized carbons (Fsp3) is 0.800. The molecule has 5 heteroatoms. The number of likely N-dealkylation sites (tertiary alicyclic amines) is 1. The summed E-state index contributed by atoms with van der Waals surface area (Å²) in [6.07, 6.45) is 6.56. The number of rotatable bonds is 7. The lowest BCUT2D eigenvalue weighted by atomic mass is 10.2. The van der Waals surface area contributed by atoms with Crippen molar-refractivity contribution in [1.82, 2.24) is 4.90 Å². The molecule has 1 atom stereocenters. The van der Waals surface area contributed by atoms with Crippen LogP contribution in [0.3, 0.4) is 0 Å². The summed E-state index contributed by atoms with van der Waals surface area (Å²) < 4.78 is 16.5. The molecule has 0 spiro atoms. The summed E-state index contributed by atoms with van der Waals surface area (Å²) in [4.78, 5) is 13.7. The summed E-state index contributed by atoms with van der Waals surface area (Å²) >= 11 is 0. The van der Waals surface area contributed by atoms with Crippen molar-refractivity contribution >= 4 is 5.91 Å². The molecule has 2 fully saturated rings. The van der Waals surface area contributed by atoms with Gasteiger partial charge in [0.05, 0.1) is 13.2 Å². The molecule has 0 radical (unpaired) electrons. The molecule has 2 saturated heterocycles. The van der Waals surface area contributed by atoms with Crippen molar-refractivity contribution < 1.29 is 19.0 Å². The lowest BCUT2D eigenvalue weighted by molar-refractivity contribution is -0.164. The van der Waals surface area contributed by atoms with Crippen LogP contribution in [0.4, 0.5) is 0 Å². The van der Waals surface area contributed by atoms with Gasteiger partial charge in [-0.05, 0) is 38.7 Å². The first-order valence-electron chi connectivity index (χ1n) is 7.61. The first kappa shape index (κ1) is 15.5. The number of carbonyl (C=O) groups excluding carboxylic acids is 1. The summed E-state index contributed by atoms with van der Waals surface area (Å²) in [5.41, 5.74) is 1.07. The van der Waals surface area contributed by atoms with Gasteiger partial charge in [-0.3, -0.25) is 4.79 Å². The summed E-state index contributed by atoms with van der Waals surface area (Å²) in [6, 6.07) is 0. The molecule has 0 bridgehead atoms. The van der Waals surface area contributed by atoms with Crippen LogP contribution in [0.2, 0.25) is 0 Å². The van der Waals surface area contributed by atoms with Crippen molar-refractivity contribution in [3.05, 3.63) is 11.8 Å². The number of allylic oxidation sites excluding steroid dienone is 1. The Balaban J connectivity index is 1.73. The van der Waals surface area contributed by atoms with Crippen LogP contribution in [-0.4, -0.2) is 50.1 Å². The molecule has 5 nitrogen and oxygen atoms in total. The Morgan fingerprint density at radius 1 is 1.40 bits per heavy atom. The normalized spacial score (nSPS) is 25.6. The van der Waals surface area contributed by atoms with Gasteiger partial charge in [-0.2, -0.15) is 0 Å². The molecular weight excluding hydrogens is 258 g/mol. The van der Waals surface area contributed by atoms with Crippen molar-refractivity contribution in [3.8, 4) is 0 Å². The third-order valence-electron chi connectivity index (χ3n) is 3.64. The smallest absolute Gasteiger partial charge is 0.227 e. The summed E-state index contributed by atoms with van der Waals surface area (Å²) in [5.74, 6) is 0.181. The average Bonchev–Trinajstić information content (AvgIpc) is 2.82. The Labute approximate surface area is 120 Å². The molecule has 2 aliphatic heterocycles. The quantitative estimate of drug-likeness (QED) is 0.671. The maximum Gasteiger partial charge on any atom is 0.227 e. The highest BCUT2D eigenvalue weighted by Crippen LogP contribution is 2.22. The topological polar surface area (TPSA) is 48.0 Å². The minimum atomic E-state index is -0.0858. The molecule has 0 aliphatic carbocycles. The molecule has 1 unspecified atom stereocenters. The molecule has 1 amide bonds. The summed E-state index contributed by atoms with van der Waals surface area (Å²) in [7, 11) is 0. The van der Waals surface area contributed by atoms with E-state index < -0.39 is 0 Å². The maximum atomic E-state index is 11.9. The molecule has 2 aliphatic rings. The molecule has 0 aromatic heterocycles. The van der Waals surface area contributed by atoms with Gasteiger partial charge in [0.25, 0.3) is 0 Å². The molecule has 0 aromatic rings. The van der Waals surface area contributed by atoms with Crippen LogP contribution >= 0.6 is 0 Å². The number of nitrogens with zero attached hydrogens (tertiary/aromatic N) is 1. The Morgan fingerprint density at radius 2 is 2.30 bits per heavy atom. The largest absolute Gasteiger partial charge is 0.378 e. The average molecular weight is 283 g/mol. The number of carbonyl (C=O) groups is 1. The first-order valence-corrected chi connectivity index (χ1v) is 7.61. The van der Waals surface area contributed by atoms with Crippen LogP contribution in [0, 0.1) is 0 Å². The zero-order valence-electron chi connectivity index (χ0n) is 12.3. The second-order valence-electron chi connectivity index (χ2n) is 5.07. The zero-order valence-corrected chi connectivity index (χ0v) is 12.3. The van der Waals surface area contributed by atoms with Crippen LogP contribution in [-0.2, 0) is 19.0 Å². The van der Waals surface area contributed by atoms with Gasteiger partial charge < -0.3 is 19.1 Å². The summed E-state index contributed by atoms with van der Waals surface area (Å²) in [6.45, 7) is 5.15. The van der Waals surface area contributed by atoms with Crippen LogP contribution in [0.25, 0.3) is 0 Å². The Morgan fingerprint density at radius 3 is 3.05 bits per heavy atom. The standard InChI is InChI=1S/C15H25NO4/c1-2-18-11-8-13-6-7-14(17)16(13)9-12-20-15-5-3-4-10-19-15/h8,15H,2-7,9-12H2,1H3/b13-8+. The maximum absolute atomic E-state index is 11.9. The van der Waals surface area contributed by atoms with E-state index >= 15 is 0 Å². The SMILES string of the molecule is CCOC/C=C1\CCC(=O)N1CCOC1CCCCO1. The number of hydrogen-bond acceptors (Lipinski definition) is 4. The van der Waals surface area contributed by atoms with Crippen molar-refractivity contribution in [2.24, 2.45) is 0 Å². The predicted molar refractivity (Wildman–Crippen MR) is 75.1 cm³/mol. The van der Waals surface area contributed by atoms with Gasteiger partial charge in [0.15, 0.2) is 6.29 Å². The van der Waals surface area contributed by atoms with Crippen molar-refractivity contribution in [2.45, 2.75) is 45.3 Å². The van der Waals surface area contributed by atoms with E-state index in [1.807, 2.05) is 17.9 Å².